The van der Waals surface area contributed by atoms with E-state index >= 15 is 0 Å². The van der Waals surface area contributed by atoms with Crippen molar-refractivity contribution in [3.63, 3.8) is 0 Å². The van der Waals surface area contributed by atoms with Crippen LogP contribution in [0.1, 0.15) is 41.0 Å². The van der Waals surface area contributed by atoms with Crippen LogP contribution < -0.4 is 0 Å². The van der Waals surface area contributed by atoms with Gasteiger partial charge in [0.15, 0.2) is 0 Å². The molecule has 0 aromatic rings. The van der Waals surface area contributed by atoms with E-state index in [1.807, 2.05) is 4.90 Å². The summed E-state index contributed by atoms with van der Waals surface area (Å²) in [6, 6.07) is 0.409. The Morgan fingerprint density at radius 1 is 1.31 bits per heavy atom. The van der Waals surface area contributed by atoms with Gasteiger partial charge in [0.25, 0.3) is 0 Å². The van der Waals surface area contributed by atoms with Crippen LogP contribution in [0.3, 0.4) is 0 Å². The minimum absolute atomic E-state index is 0.0506. The molecule has 0 saturated carbocycles. The normalized spacial score (nSPS) is 24.6. The van der Waals surface area contributed by atoms with Crippen molar-refractivity contribution >= 4 is 28.5 Å². The van der Waals surface area contributed by atoms with Crippen LogP contribution in [0.5, 0.6) is 0 Å². The monoisotopic (exact) mass is 295 g/mol. The van der Waals surface area contributed by atoms with Crippen LogP contribution in [0.4, 0.5) is 0 Å². The first-order valence-electron chi connectivity index (χ1n) is 4.65. The second-order valence-electron chi connectivity index (χ2n) is 5.26. The van der Waals surface area contributed by atoms with Crippen LogP contribution in [-0.4, -0.2) is 20.4 Å². The number of hydrogen-bond donors (Lipinski definition) is 0. The number of amides is 1. The van der Waals surface area contributed by atoms with Gasteiger partial charge in [-0.2, -0.15) is 0 Å². The van der Waals surface area contributed by atoms with Crippen LogP contribution in [-0.2, 0) is 4.79 Å². The Labute approximate surface area is 94.2 Å². The topological polar surface area (TPSA) is 20.3 Å². The zero-order valence-electron chi connectivity index (χ0n) is 9.02. The zero-order valence-corrected chi connectivity index (χ0v) is 11.2. The fourth-order valence-corrected chi connectivity index (χ4v) is 2.38. The van der Waals surface area contributed by atoms with Crippen LogP contribution in [0.25, 0.3) is 0 Å². The van der Waals surface area contributed by atoms with Gasteiger partial charge in [-0.25, -0.2) is 0 Å². The first-order valence-corrected chi connectivity index (χ1v) is 5.73. The lowest BCUT2D eigenvalue weighted by Gasteiger charge is -2.53. The van der Waals surface area contributed by atoms with E-state index in [0.29, 0.717) is 11.9 Å². The summed E-state index contributed by atoms with van der Waals surface area (Å²) in [6.07, 6.45) is 0.718. The molecule has 1 fully saturated rings. The molecule has 1 rings (SSSR count). The smallest absolute Gasteiger partial charge is 0.225 e. The quantitative estimate of drug-likeness (QED) is 0.315. The standard InChI is InChI=1S/C10H18INO/c1-9(2,3)7-6-8(13)12(7)10(4,5)11/h7H,6H2,1-5H3. The van der Waals surface area contributed by atoms with Gasteiger partial charge in [-0.1, -0.05) is 43.4 Å². The zero-order chi connectivity index (χ0) is 10.4. The summed E-state index contributed by atoms with van der Waals surface area (Å²) in [5, 5.41) is 0. The summed E-state index contributed by atoms with van der Waals surface area (Å²) in [7, 11) is 0. The summed E-state index contributed by atoms with van der Waals surface area (Å²) in [5.41, 5.74) is 0.205. The molecule has 1 amide bonds. The van der Waals surface area contributed by atoms with Gasteiger partial charge in [-0.15, -0.1) is 0 Å². The first-order chi connectivity index (χ1) is 5.64. The van der Waals surface area contributed by atoms with E-state index in [1.165, 1.54) is 0 Å². The van der Waals surface area contributed by atoms with E-state index in [-0.39, 0.29) is 8.96 Å². The highest BCUT2D eigenvalue weighted by molar-refractivity contribution is 14.1. The predicted molar refractivity (Wildman–Crippen MR) is 62.8 cm³/mol. The van der Waals surface area contributed by atoms with Crippen molar-refractivity contribution in [2.75, 3.05) is 0 Å². The summed E-state index contributed by atoms with van der Waals surface area (Å²) < 4.78 is -0.0506. The van der Waals surface area contributed by atoms with E-state index in [9.17, 15) is 4.79 Å². The molecular formula is C10H18INO. The molecule has 0 aromatic heterocycles. The molecule has 1 saturated heterocycles. The Morgan fingerprint density at radius 2 is 1.77 bits per heavy atom. The average molecular weight is 295 g/mol. The minimum atomic E-state index is -0.0506. The second kappa shape index (κ2) is 3.11. The lowest BCUT2D eigenvalue weighted by atomic mass is 9.78. The molecule has 2 nitrogen and oxygen atoms in total. The van der Waals surface area contributed by atoms with Gasteiger partial charge in [0.05, 0.1) is 3.55 Å². The molecule has 1 aliphatic heterocycles. The number of carbonyl (C=O) groups is 1. The highest BCUT2D eigenvalue weighted by Gasteiger charge is 2.48. The number of alkyl halides is 1. The third kappa shape index (κ3) is 2.17. The lowest BCUT2D eigenvalue weighted by molar-refractivity contribution is -0.156. The number of nitrogens with zero attached hydrogens (tertiary/aromatic N) is 1. The van der Waals surface area contributed by atoms with Crippen molar-refractivity contribution in [2.45, 2.75) is 50.6 Å². The van der Waals surface area contributed by atoms with Crippen LogP contribution in [0.2, 0.25) is 0 Å². The molecule has 1 heterocycles. The molecule has 0 radical (unpaired) electrons. The number of likely N-dealkylation sites (tertiary alicyclic amines) is 1. The van der Waals surface area contributed by atoms with E-state index < -0.39 is 0 Å². The molecule has 0 aromatic carbocycles. The maximum atomic E-state index is 11.5. The highest BCUT2D eigenvalue weighted by Crippen LogP contribution is 2.41. The molecule has 3 heteroatoms. The van der Waals surface area contributed by atoms with E-state index in [4.69, 9.17) is 0 Å². The van der Waals surface area contributed by atoms with Gasteiger partial charge in [-0.3, -0.25) is 4.79 Å². The second-order valence-corrected chi connectivity index (χ2v) is 7.90. The van der Waals surface area contributed by atoms with Crippen LogP contribution in [0.15, 0.2) is 0 Å². The third-order valence-corrected chi connectivity index (χ3v) is 3.04. The average Bonchev–Trinajstić information content (AvgIpc) is 1.75. The number of β-lactam (4-membered cyclic amide) rings is 1. The first kappa shape index (κ1) is 11.3. The fourth-order valence-electron chi connectivity index (χ4n) is 1.78. The highest BCUT2D eigenvalue weighted by atomic mass is 127. The Morgan fingerprint density at radius 3 is 1.92 bits per heavy atom. The van der Waals surface area contributed by atoms with Gasteiger partial charge in [-0.05, 0) is 19.3 Å². The van der Waals surface area contributed by atoms with E-state index in [1.54, 1.807) is 0 Å². The molecule has 0 N–H and O–H groups in total. The molecule has 1 unspecified atom stereocenters. The van der Waals surface area contributed by atoms with Crippen molar-refractivity contribution in [3.05, 3.63) is 0 Å². The Bertz CT molecular complexity index is 224. The molecule has 0 bridgehead atoms. The SMILES string of the molecule is CC(C)(C)C1CC(=O)N1C(C)(C)I. The van der Waals surface area contributed by atoms with Crippen LogP contribution >= 0.6 is 22.6 Å². The maximum Gasteiger partial charge on any atom is 0.225 e. The number of hydrogen-bond acceptors (Lipinski definition) is 1. The Balaban J connectivity index is 2.79. The van der Waals surface area contributed by atoms with Gasteiger partial charge in [0.2, 0.25) is 5.91 Å². The maximum absolute atomic E-state index is 11.5. The van der Waals surface area contributed by atoms with Crippen molar-refractivity contribution in [2.24, 2.45) is 5.41 Å². The van der Waals surface area contributed by atoms with Crippen molar-refractivity contribution in [1.29, 1.82) is 0 Å². The summed E-state index contributed by atoms with van der Waals surface area (Å²) >= 11 is 2.33. The largest absolute Gasteiger partial charge is 0.325 e. The number of carbonyl (C=O) groups excluding carboxylic acids is 1. The minimum Gasteiger partial charge on any atom is -0.325 e. The number of rotatable bonds is 1. The summed E-state index contributed by atoms with van der Waals surface area (Å²) in [4.78, 5) is 13.5. The molecule has 0 spiro atoms. The van der Waals surface area contributed by atoms with Gasteiger partial charge in [0.1, 0.15) is 0 Å². The molecular weight excluding hydrogens is 277 g/mol. The molecule has 0 aliphatic carbocycles. The van der Waals surface area contributed by atoms with E-state index in [2.05, 4.69) is 57.2 Å². The van der Waals surface area contributed by atoms with Gasteiger partial charge in [0, 0.05) is 12.5 Å². The van der Waals surface area contributed by atoms with E-state index in [0.717, 1.165) is 6.42 Å². The fraction of sp³-hybridized carbons (Fsp3) is 0.900. The van der Waals surface area contributed by atoms with Gasteiger partial charge < -0.3 is 4.90 Å². The third-order valence-electron chi connectivity index (χ3n) is 2.52. The van der Waals surface area contributed by atoms with Crippen molar-refractivity contribution in [1.82, 2.24) is 4.90 Å². The Kier molecular flexibility index (Phi) is 2.69. The summed E-state index contributed by atoms with van der Waals surface area (Å²) in [5.74, 6) is 0.291. The Hall–Kier alpha value is 0.200. The molecule has 1 atom stereocenters. The predicted octanol–water partition coefficient (Wildman–Crippen LogP) is 2.80. The lowest BCUT2D eigenvalue weighted by Crippen LogP contribution is -2.63. The molecule has 1 aliphatic rings. The van der Waals surface area contributed by atoms with Crippen molar-refractivity contribution in [3.8, 4) is 0 Å². The number of halogens is 1. The summed E-state index contributed by atoms with van der Waals surface area (Å²) in [6.45, 7) is 10.8. The van der Waals surface area contributed by atoms with Crippen LogP contribution in [0, 0.1) is 5.41 Å². The van der Waals surface area contributed by atoms with Gasteiger partial charge >= 0.3 is 0 Å². The molecule has 13 heavy (non-hydrogen) atoms. The van der Waals surface area contributed by atoms with Crippen molar-refractivity contribution < 1.29 is 4.79 Å². The molecule has 76 valence electrons.